The van der Waals surface area contributed by atoms with E-state index < -0.39 is 0 Å². The first-order valence-corrected chi connectivity index (χ1v) is 3.37. The van der Waals surface area contributed by atoms with E-state index in [0.29, 0.717) is 12.5 Å². The number of quaternary nitrogens is 1. The van der Waals surface area contributed by atoms with Crippen molar-refractivity contribution in [3.05, 3.63) is 0 Å². The lowest BCUT2D eigenvalue weighted by atomic mass is 10.2. The first-order valence-electron chi connectivity index (χ1n) is 3.37. The highest BCUT2D eigenvalue weighted by Crippen LogP contribution is 1.99. The van der Waals surface area contributed by atoms with Crippen molar-refractivity contribution in [1.29, 1.82) is 0 Å². The molecular weight excluding hydrogens is 130 g/mol. The summed E-state index contributed by atoms with van der Waals surface area (Å²) in [7, 11) is 6.39. The van der Waals surface area contributed by atoms with Crippen LogP contribution in [0.5, 0.6) is 0 Å². The van der Waals surface area contributed by atoms with Crippen molar-refractivity contribution in [2.45, 2.75) is 6.92 Å². The molecule has 1 unspecified atom stereocenters. The summed E-state index contributed by atoms with van der Waals surface area (Å²) in [5.41, 5.74) is 0. The molecule has 3 heteroatoms. The van der Waals surface area contributed by atoms with Crippen LogP contribution in [0.2, 0.25) is 0 Å². The number of aliphatic hydroxyl groups excluding tert-OH is 1. The van der Waals surface area contributed by atoms with Gasteiger partial charge in [-0.15, -0.1) is 0 Å². The number of nitrogens with zero attached hydrogens (tertiary/aromatic N) is 1. The van der Waals surface area contributed by atoms with E-state index in [1.165, 1.54) is 0 Å². The van der Waals surface area contributed by atoms with Gasteiger partial charge in [0.05, 0.1) is 34.3 Å². The Morgan fingerprint density at radius 1 is 1.30 bits per heavy atom. The Morgan fingerprint density at radius 3 is 1.80 bits per heavy atom. The molecule has 3 nitrogen and oxygen atoms in total. The zero-order valence-corrected chi connectivity index (χ0v) is 7.33. The average Bonchev–Trinajstić information content (AvgIpc) is 1.62. The molecule has 0 aliphatic heterocycles. The maximum Gasteiger partial charge on any atom is 0.0828 e. The van der Waals surface area contributed by atoms with Gasteiger partial charge in [0.1, 0.15) is 0 Å². The Kier molecular flexibility index (Phi) is 5.84. The molecule has 0 saturated carbocycles. The van der Waals surface area contributed by atoms with Crippen molar-refractivity contribution in [1.82, 2.24) is 0 Å². The lowest BCUT2D eigenvalue weighted by Crippen LogP contribution is -2.39. The number of hydrogen-bond acceptors (Lipinski definition) is 2. The fourth-order valence-corrected chi connectivity index (χ4v) is 0.993. The smallest absolute Gasteiger partial charge is 0.0828 e. The number of rotatable bonds is 3. The molecule has 0 aromatic carbocycles. The van der Waals surface area contributed by atoms with Crippen molar-refractivity contribution >= 4 is 0 Å². The van der Waals surface area contributed by atoms with Crippen molar-refractivity contribution in [2.75, 3.05) is 34.3 Å². The largest absolute Gasteiger partial charge is 0.870 e. The third-order valence-electron chi connectivity index (χ3n) is 1.17. The molecule has 0 radical (unpaired) electrons. The minimum absolute atomic E-state index is 0. The van der Waals surface area contributed by atoms with E-state index in [1.807, 2.05) is 0 Å². The molecule has 0 rings (SSSR count). The van der Waals surface area contributed by atoms with Crippen LogP contribution in [0.15, 0.2) is 0 Å². The van der Waals surface area contributed by atoms with Gasteiger partial charge in [0.2, 0.25) is 0 Å². The molecule has 0 bridgehead atoms. The van der Waals surface area contributed by atoms with Gasteiger partial charge in [0, 0.05) is 5.92 Å². The Bertz CT molecular complexity index is 78.2. The second kappa shape index (κ2) is 4.66. The monoisotopic (exact) mass is 149 g/mol. The predicted molar refractivity (Wildman–Crippen MR) is 41.1 cm³/mol. The zero-order chi connectivity index (χ0) is 7.49. The van der Waals surface area contributed by atoms with E-state index in [1.54, 1.807) is 0 Å². The lowest BCUT2D eigenvalue weighted by molar-refractivity contribution is -0.873. The zero-order valence-electron chi connectivity index (χ0n) is 7.33. The van der Waals surface area contributed by atoms with Crippen LogP contribution in [0.3, 0.4) is 0 Å². The Balaban J connectivity index is 0. The van der Waals surface area contributed by atoms with Gasteiger partial charge in [-0.1, -0.05) is 6.92 Å². The molecule has 0 heterocycles. The summed E-state index contributed by atoms with van der Waals surface area (Å²) in [4.78, 5) is 0. The molecular formula is C7H19NO2. The van der Waals surface area contributed by atoms with Gasteiger partial charge in [-0.3, -0.25) is 0 Å². The van der Waals surface area contributed by atoms with Crippen LogP contribution in [0.25, 0.3) is 0 Å². The van der Waals surface area contributed by atoms with Gasteiger partial charge in [-0.05, 0) is 0 Å². The molecule has 0 saturated heterocycles. The molecule has 10 heavy (non-hydrogen) atoms. The second-order valence-corrected chi connectivity index (χ2v) is 3.76. The molecule has 1 atom stereocenters. The molecule has 0 amide bonds. The molecule has 0 aromatic rings. The molecule has 2 N–H and O–H groups in total. The van der Waals surface area contributed by atoms with Crippen LogP contribution in [0, 0.1) is 5.92 Å². The minimum Gasteiger partial charge on any atom is -0.870 e. The molecule has 0 spiro atoms. The maximum atomic E-state index is 8.69. The van der Waals surface area contributed by atoms with E-state index in [2.05, 4.69) is 28.1 Å². The fraction of sp³-hybridized carbons (Fsp3) is 1.00. The summed E-state index contributed by atoms with van der Waals surface area (Å²) in [5.74, 6) is 0.421. The summed E-state index contributed by atoms with van der Waals surface area (Å²) < 4.78 is 0.932. The summed E-state index contributed by atoms with van der Waals surface area (Å²) >= 11 is 0. The van der Waals surface area contributed by atoms with Gasteiger partial charge in [0.25, 0.3) is 0 Å². The van der Waals surface area contributed by atoms with Crippen LogP contribution in [0.1, 0.15) is 6.92 Å². The van der Waals surface area contributed by atoms with E-state index in [0.717, 1.165) is 11.0 Å². The predicted octanol–water partition coefficient (Wildman–Crippen LogP) is 0.144. The van der Waals surface area contributed by atoms with Gasteiger partial charge in [-0.2, -0.15) is 0 Å². The fourth-order valence-electron chi connectivity index (χ4n) is 0.993. The van der Waals surface area contributed by atoms with Crippen molar-refractivity contribution in [2.24, 2.45) is 5.92 Å². The SMILES string of the molecule is CC(CO)C[N+](C)(C)C.[OH-]. The number of aliphatic hydroxyl groups is 1. The first kappa shape index (κ1) is 12.5. The van der Waals surface area contributed by atoms with E-state index in [-0.39, 0.29) is 5.48 Å². The normalized spacial score (nSPS) is 14.1. The van der Waals surface area contributed by atoms with Crippen molar-refractivity contribution in [3.8, 4) is 0 Å². The average molecular weight is 149 g/mol. The molecule has 64 valence electrons. The Labute approximate surface area is 63.2 Å². The lowest BCUT2D eigenvalue weighted by Gasteiger charge is -2.26. The first-order chi connectivity index (χ1) is 3.95. The number of hydrogen-bond donors (Lipinski definition) is 1. The standard InChI is InChI=1S/C7H18NO.H2O/c1-7(6-9)5-8(2,3)4;/h7,9H,5-6H2,1-4H3;1H2/q+1;/p-1. The second-order valence-electron chi connectivity index (χ2n) is 3.76. The topological polar surface area (TPSA) is 50.2 Å². The van der Waals surface area contributed by atoms with Crippen molar-refractivity contribution < 1.29 is 15.1 Å². The highest BCUT2D eigenvalue weighted by molar-refractivity contribution is 4.45. The van der Waals surface area contributed by atoms with Gasteiger partial charge in [0.15, 0.2) is 0 Å². The van der Waals surface area contributed by atoms with E-state index in [4.69, 9.17) is 5.11 Å². The molecule has 0 aromatic heterocycles. The molecule has 0 fully saturated rings. The summed E-state index contributed by atoms with van der Waals surface area (Å²) in [6, 6.07) is 0. The molecule has 0 aliphatic carbocycles. The van der Waals surface area contributed by atoms with Crippen molar-refractivity contribution in [3.63, 3.8) is 0 Å². The summed E-state index contributed by atoms with van der Waals surface area (Å²) in [6.07, 6.45) is 0. The van der Waals surface area contributed by atoms with E-state index in [9.17, 15) is 0 Å². The van der Waals surface area contributed by atoms with Crippen LogP contribution in [-0.2, 0) is 0 Å². The Hall–Kier alpha value is -0.120. The van der Waals surface area contributed by atoms with Gasteiger partial charge in [-0.25, -0.2) is 0 Å². The van der Waals surface area contributed by atoms with Gasteiger partial charge >= 0.3 is 0 Å². The highest BCUT2D eigenvalue weighted by Gasteiger charge is 2.11. The van der Waals surface area contributed by atoms with Crippen LogP contribution >= 0.6 is 0 Å². The summed E-state index contributed by atoms with van der Waals surface area (Å²) in [5, 5.41) is 8.69. The third-order valence-corrected chi connectivity index (χ3v) is 1.17. The quantitative estimate of drug-likeness (QED) is 0.580. The maximum absolute atomic E-state index is 8.69. The minimum atomic E-state index is 0. The highest BCUT2D eigenvalue weighted by atomic mass is 16.3. The van der Waals surface area contributed by atoms with Gasteiger partial charge < -0.3 is 15.1 Å². The Morgan fingerprint density at radius 2 is 1.70 bits per heavy atom. The van der Waals surface area contributed by atoms with Crippen LogP contribution in [-0.4, -0.2) is 49.4 Å². The summed E-state index contributed by atoms with van der Waals surface area (Å²) in [6.45, 7) is 3.40. The van der Waals surface area contributed by atoms with Crippen LogP contribution < -0.4 is 0 Å². The van der Waals surface area contributed by atoms with Crippen LogP contribution in [0.4, 0.5) is 0 Å². The van der Waals surface area contributed by atoms with E-state index >= 15 is 0 Å². The molecule has 0 aliphatic rings. The third kappa shape index (κ3) is 7.88.